The Balaban J connectivity index is 1.88. The highest BCUT2D eigenvalue weighted by Gasteiger charge is 2.09. The Morgan fingerprint density at radius 3 is 2.37 bits per heavy atom. The molecular weight excluding hydrogens is 350 g/mol. The Kier molecular flexibility index (Phi) is 6.87. The number of rotatable bonds is 8. The molecular formula is C19H21N3O5. The van der Waals surface area contributed by atoms with Crippen molar-refractivity contribution in [2.24, 2.45) is 5.10 Å². The number of benzene rings is 1. The molecule has 0 aliphatic heterocycles. The van der Waals surface area contributed by atoms with E-state index in [0.29, 0.717) is 23.6 Å². The maximum Gasteiger partial charge on any atom is 0.307 e. The highest BCUT2D eigenvalue weighted by atomic mass is 16.4. The summed E-state index contributed by atoms with van der Waals surface area (Å²) >= 11 is 0. The number of carbonyl (C=O) groups excluding carboxylic acids is 2. The van der Waals surface area contributed by atoms with Gasteiger partial charge in [-0.1, -0.05) is 12.1 Å². The average Bonchev–Trinajstić information content (AvgIpc) is 3.06. The zero-order valence-electron chi connectivity index (χ0n) is 15.1. The highest BCUT2D eigenvalue weighted by molar-refractivity contribution is 6.01. The number of hydrazone groups is 1. The smallest absolute Gasteiger partial charge is 0.307 e. The molecule has 0 unspecified atom stereocenters. The zero-order valence-corrected chi connectivity index (χ0v) is 15.1. The van der Waals surface area contributed by atoms with Crippen LogP contribution in [-0.4, -0.2) is 28.6 Å². The molecule has 0 saturated carbocycles. The van der Waals surface area contributed by atoms with Crippen molar-refractivity contribution in [2.75, 3.05) is 5.32 Å². The van der Waals surface area contributed by atoms with Gasteiger partial charge in [0.15, 0.2) is 5.76 Å². The van der Waals surface area contributed by atoms with E-state index in [1.807, 2.05) is 0 Å². The molecule has 142 valence electrons. The van der Waals surface area contributed by atoms with Crippen LogP contribution in [0.15, 0.2) is 45.9 Å². The van der Waals surface area contributed by atoms with E-state index in [0.717, 1.165) is 5.56 Å². The van der Waals surface area contributed by atoms with E-state index < -0.39 is 11.9 Å². The average molecular weight is 371 g/mol. The van der Waals surface area contributed by atoms with Crippen molar-refractivity contribution < 1.29 is 23.9 Å². The number of furan rings is 1. The van der Waals surface area contributed by atoms with Crippen LogP contribution in [0.3, 0.4) is 0 Å². The second kappa shape index (κ2) is 9.33. The lowest BCUT2D eigenvalue weighted by Crippen LogP contribution is -2.18. The second-order valence-electron chi connectivity index (χ2n) is 5.92. The van der Waals surface area contributed by atoms with Gasteiger partial charge in [0, 0.05) is 18.5 Å². The van der Waals surface area contributed by atoms with Gasteiger partial charge in [0.2, 0.25) is 5.91 Å². The van der Waals surface area contributed by atoms with E-state index in [-0.39, 0.29) is 24.5 Å². The topological polar surface area (TPSA) is 121 Å². The standard InChI is InChI=1S/C19H21N3O5/c1-12-6-11-16(27-12)19(26)22-21-13(2)14-7-9-15(10-8-14)20-17(23)4-3-5-18(24)25/h6-11H,3-5H2,1-2H3,(H,20,23)(H,22,26)(H,24,25)/b21-13-. The largest absolute Gasteiger partial charge is 0.481 e. The van der Waals surface area contributed by atoms with Gasteiger partial charge in [-0.25, -0.2) is 5.43 Å². The van der Waals surface area contributed by atoms with Crippen LogP contribution < -0.4 is 10.7 Å². The van der Waals surface area contributed by atoms with Crippen LogP contribution in [0, 0.1) is 6.92 Å². The molecule has 1 aromatic heterocycles. The molecule has 1 aromatic carbocycles. The summed E-state index contributed by atoms with van der Waals surface area (Å²) in [6, 6.07) is 10.2. The Morgan fingerprint density at radius 1 is 1.07 bits per heavy atom. The Hall–Kier alpha value is -3.42. The Bertz CT molecular complexity index is 852. The maximum atomic E-state index is 11.9. The molecule has 0 aliphatic rings. The zero-order chi connectivity index (χ0) is 19.8. The first kappa shape index (κ1) is 19.9. The maximum absolute atomic E-state index is 11.9. The summed E-state index contributed by atoms with van der Waals surface area (Å²) < 4.78 is 5.22. The molecule has 0 radical (unpaired) electrons. The molecule has 2 rings (SSSR count). The van der Waals surface area contributed by atoms with Crippen molar-refractivity contribution in [3.05, 3.63) is 53.5 Å². The van der Waals surface area contributed by atoms with E-state index in [1.54, 1.807) is 50.2 Å². The van der Waals surface area contributed by atoms with E-state index in [9.17, 15) is 14.4 Å². The first-order valence-corrected chi connectivity index (χ1v) is 8.38. The van der Waals surface area contributed by atoms with Crippen LogP contribution >= 0.6 is 0 Å². The molecule has 2 amide bonds. The minimum atomic E-state index is -0.920. The second-order valence-corrected chi connectivity index (χ2v) is 5.92. The van der Waals surface area contributed by atoms with Gasteiger partial charge in [0.1, 0.15) is 5.76 Å². The predicted molar refractivity (Wildman–Crippen MR) is 99.7 cm³/mol. The lowest BCUT2D eigenvalue weighted by molar-refractivity contribution is -0.137. The van der Waals surface area contributed by atoms with E-state index in [1.165, 1.54) is 0 Å². The summed E-state index contributed by atoms with van der Waals surface area (Å²) in [6.45, 7) is 3.49. The lowest BCUT2D eigenvalue weighted by atomic mass is 10.1. The summed E-state index contributed by atoms with van der Waals surface area (Å²) in [5.74, 6) is -0.772. The van der Waals surface area contributed by atoms with Crippen LogP contribution in [-0.2, 0) is 9.59 Å². The molecule has 8 nitrogen and oxygen atoms in total. The summed E-state index contributed by atoms with van der Waals surface area (Å²) in [5.41, 5.74) is 4.39. The number of nitrogens with one attached hydrogen (secondary N) is 2. The fraction of sp³-hybridized carbons (Fsp3) is 0.263. The number of amides is 2. The normalized spacial score (nSPS) is 11.1. The lowest BCUT2D eigenvalue weighted by Gasteiger charge is -2.06. The summed E-state index contributed by atoms with van der Waals surface area (Å²) in [6.07, 6.45) is 0.401. The van der Waals surface area contributed by atoms with Crippen molar-refractivity contribution in [2.45, 2.75) is 33.1 Å². The minimum absolute atomic E-state index is 0.0364. The molecule has 0 bridgehead atoms. The van der Waals surface area contributed by atoms with Crippen LogP contribution in [0.5, 0.6) is 0 Å². The first-order valence-electron chi connectivity index (χ1n) is 8.38. The number of aliphatic carboxylic acids is 1. The third-order valence-corrected chi connectivity index (χ3v) is 3.67. The van der Waals surface area contributed by atoms with E-state index in [4.69, 9.17) is 9.52 Å². The molecule has 27 heavy (non-hydrogen) atoms. The van der Waals surface area contributed by atoms with Crippen molar-refractivity contribution in [3.8, 4) is 0 Å². The number of nitrogens with zero attached hydrogens (tertiary/aromatic N) is 1. The van der Waals surface area contributed by atoms with E-state index >= 15 is 0 Å². The quantitative estimate of drug-likeness (QED) is 0.487. The molecule has 8 heteroatoms. The molecule has 2 aromatic rings. The van der Waals surface area contributed by atoms with Crippen molar-refractivity contribution in [1.82, 2.24) is 5.43 Å². The first-order chi connectivity index (χ1) is 12.8. The Morgan fingerprint density at radius 2 is 1.78 bits per heavy atom. The SMILES string of the molecule is C/C(=N/NC(=O)c1ccc(C)o1)c1ccc(NC(=O)CCCC(=O)O)cc1. The van der Waals surface area contributed by atoms with Gasteiger partial charge < -0.3 is 14.8 Å². The monoisotopic (exact) mass is 371 g/mol. The summed E-state index contributed by atoms with van der Waals surface area (Å²) in [5, 5.41) is 15.3. The molecule has 1 heterocycles. The van der Waals surface area contributed by atoms with Crippen molar-refractivity contribution in [1.29, 1.82) is 0 Å². The molecule has 0 aliphatic carbocycles. The van der Waals surface area contributed by atoms with Gasteiger partial charge in [-0.15, -0.1) is 0 Å². The van der Waals surface area contributed by atoms with Gasteiger partial charge in [-0.3, -0.25) is 14.4 Å². The third kappa shape index (κ3) is 6.43. The van der Waals surface area contributed by atoms with Gasteiger partial charge in [0.25, 0.3) is 0 Å². The van der Waals surface area contributed by atoms with Gasteiger partial charge in [-0.2, -0.15) is 5.10 Å². The molecule has 0 fully saturated rings. The molecule has 0 spiro atoms. The predicted octanol–water partition coefficient (Wildman–Crippen LogP) is 2.94. The van der Waals surface area contributed by atoms with Crippen LogP contribution in [0.1, 0.15) is 48.1 Å². The van der Waals surface area contributed by atoms with Gasteiger partial charge in [0.05, 0.1) is 5.71 Å². The van der Waals surface area contributed by atoms with Crippen molar-refractivity contribution in [3.63, 3.8) is 0 Å². The summed E-state index contributed by atoms with van der Waals surface area (Å²) in [7, 11) is 0. The number of carboxylic acids is 1. The van der Waals surface area contributed by atoms with Crippen LogP contribution in [0.2, 0.25) is 0 Å². The number of hydrogen-bond donors (Lipinski definition) is 3. The fourth-order valence-corrected chi connectivity index (χ4v) is 2.23. The molecule has 0 saturated heterocycles. The van der Waals surface area contributed by atoms with E-state index in [2.05, 4.69) is 15.8 Å². The fourth-order valence-electron chi connectivity index (χ4n) is 2.23. The number of anilines is 1. The third-order valence-electron chi connectivity index (χ3n) is 3.67. The van der Waals surface area contributed by atoms with Gasteiger partial charge >= 0.3 is 11.9 Å². The number of aryl methyl sites for hydroxylation is 1. The number of carboxylic acid groups (broad SMARTS) is 1. The van der Waals surface area contributed by atoms with Gasteiger partial charge in [-0.05, 0) is 50.1 Å². The van der Waals surface area contributed by atoms with Crippen molar-refractivity contribution >= 4 is 29.2 Å². The molecule has 3 N–H and O–H groups in total. The molecule has 0 atom stereocenters. The van der Waals surface area contributed by atoms with Crippen LogP contribution in [0.25, 0.3) is 0 Å². The summed E-state index contributed by atoms with van der Waals surface area (Å²) in [4.78, 5) is 34.1. The van der Waals surface area contributed by atoms with Crippen LogP contribution in [0.4, 0.5) is 5.69 Å². The highest BCUT2D eigenvalue weighted by Crippen LogP contribution is 2.12. The minimum Gasteiger partial charge on any atom is -0.481 e. The number of carbonyl (C=O) groups is 3. The Labute approximate surface area is 156 Å². The number of hydrogen-bond acceptors (Lipinski definition) is 5.